The highest BCUT2D eigenvalue weighted by Gasteiger charge is 2.17. The minimum Gasteiger partial charge on any atom is -0.481 e. The fourth-order valence-corrected chi connectivity index (χ4v) is 2.98. The number of carbonyl (C=O) groups is 2. The van der Waals surface area contributed by atoms with Crippen molar-refractivity contribution >= 4 is 17.6 Å². The van der Waals surface area contributed by atoms with Gasteiger partial charge in [0.05, 0.1) is 6.42 Å². The minimum atomic E-state index is -0.940. The molecule has 1 amide bonds. The minimum absolute atomic E-state index is 0.0827. The lowest BCUT2D eigenvalue weighted by Gasteiger charge is -2.16. The van der Waals surface area contributed by atoms with E-state index in [0.717, 1.165) is 36.9 Å². The third-order valence-corrected chi connectivity index (χ3v) is 4.12. The van der Waals surface area contributed by atoms with Gasteiger partial charge in [-0.1, -0.05) is 12.1 Å². The molecule has 124 valence electrons. The van der Waals surface area contributed by atoms with Crippen LogP contribution in [-0.2, 0) is 24.1 Å². The van der Waals surface area contributed by atoms with Gasteiger partial charge in [-0.3, -0.25) is 14.4 Å². The van der Waals surface area contributed by atoms with Crippen LogP contribution < -0.4 is 10.9 Å². The molecule has 24 heavy (non-hydrogen) atoms. The molecule has 1 heterocycles. The maximum absolute atomic E-state index is 12.4. The van der Waals surface area contributed by atoms with E-state index in [9.17, 15) is 14.4 Å². The molecule has 2 aromatic rings. The van der Waals surface area contributed by atoms with Crippen LogP contribution in [0.2, 0.25) is 0 Å². The van der Waals surface area contributed by atoms with Crippen molar-refractivity contribution in [2.75, 3.05) is 5.32 Å². The van der Waals surface area contributed by atoms with Gasteiger partial charge in [0.15, 0.2) is 0 Å². The lowest BCUT2D eigenvalue weighted by molar-refractivity contribution is -0.136. The number of carboxylic acid groups (broad SMARTS) is 1. The summed E-state index contributed by atoms with van der Waals surface area (Å²) in [6, 6.07) is 8.28. The number of aryl methyl sites for hydroxylation is 2. The Kier molecular flexibility index (Phi) is 4.46. The number of aromatic nitrogens is 1. The summed E-state index contributed by atoms with van der Waals surface area (Å²) < 4.78 is 0. The fourth-order valence-electron chi connectivity index (χ4n) is 2.98. The topological polar surface area (TPSA) is 99.3 Å². The van der Waals surface area contributed by atoms with Crippen LogP contribution in [0, 0.1) is 0 Å². The zero-order chi connectivity index (χ0) is 17.1. The molecule has 1 aliphatic rings. The summed E-state index contributed by atoms with van der Waals surface area (Å²) in [6.07, 6.45) is 3.68. The number of hydrogen-bond donors (Lipinski definition) is 3. The fraction of sp³-hybridized carbons (Fsp3) is 0.278. The molecule has 1 aliphatic carbocycles. The van der Waals surface area contributed by atoms with Crippen molar-refractivity contribution < 1.29 is 14.7 Å². The van der Waals surface area contributed by atoms with Gasteiger partial charge in [-0.2, -0.15) is 0 Å². The number of carbonyl (C=O) groups excluding carboxylic acids is 1. The molecular weight excluding hydrogens is 308 g/mol. The quantitative estimate of drug-likeness (QED) is 0.801. The van der Waals surface area contributed by atoms with Crippen LogP contribution in [0.3, 0.4) is 0 Å². The van der Waals surface area contributed by atoms with Crippen LogP contribution in [0.25, 0.3) is 0 Å². The summed E-state index contributed by atoms with van der Waals surface area (Å²) in [6.45, 7) is 0. The first-order valence-corrected chi connectivity index (χ1v) is 7.90. The van der Waals surface area contributed by atoms with Gasteiger partial charge >= 0.3 is 5.97 Å². The summed E-state index contributed by atoms with van der Waals surface area (Å²) in [5, 5.41) is 11.5. The van der Waals surface area contributed by atoms with Gasteiger partial charge in [0.1, 0.15) is 5.56 Å². The molecule has 1 aromatic heterocycles. The summed E-state index contributed by atoms with van der Waals surface area (Å²) in [5.74, 6) is -1.43. The molecule has 0 radical (unpaired) electrons. The predicted molar refractivity (Wildman–Crippen MR) is 89.4 cm³/mol. The molecule has 1 aromatic carbocycles. The number of hydrogen-bond acceptors (Lipinski definition) is 3. The lowest BCUT2D eigenvalue weighted by atomic mass is 9.95. The van der Waals surface area contributed by atoms with E-state index in [2.05, 4.69) is 10.3 Å². The van der Waals surface area contributed by atoms with Gasteiger partial charge < -0.3 is 15.4 Å². The Morgan fingerprint density at radius 3 is 2.75 bits per heavy atom. The van der Waals surface area contributed by atoms with Crippen LogP contribution in [-0.4, -0.2) is 22.0 Å². The molecule has 0 fully saturated rings. The molecule has 0 atom stereocenters. The summed E-state index contributed by atoms with van der Waals surface area (Å²) in [5.41, 5.74) is 2.68. The number of carboxylic acids is 1. The zero-order valence-electron chi connectivity index (χ0n) is 13.1. The summed E-state index contributed by atoms with van der Waals surface area (Å²) in [4.78, 5) is 38.1. The molecule has 3 rings (SSSR count). The van der Waals surface area contributed by atoms with Gasteiger partial charge in [0.2, 0.25) is 0 Å². The molecule has 6 heteroatoms. The number of pyridine rings is 1. The Bertz CT molecular complexity index is 854. The Hall–Kier alpha value is -2.89. The van der Waals surface area contributed by atoms with Crippen molar-refractivity contribution in [2.24, 2.45) is 0 Å². The van der Waals surface area contributed by atoms with E-state index in [4.69, 9.17) is 5.11 Å². The smallest absolute Gasteiger partial charge is 0.307 e. The van der Waals surface area contributed by atoms with Gasteiger partial charge in [-0.15, -0.1) is 0 Å². The van der Waals surface area contributed by atoms with Crippen molar-refractivity contribution in [1.29, 1.82) is 0 Å². The number of nitrogens with one attached hydrogen (secondary N) is 2. The molecule has 0 aliphatic heterocycles. The Labute approximate surface area is 138 Å². The van der Waals surface area contributed by atoms with Crippen LogP contribution in [0.4, 0.5) is 5.69 Å². The number of aliphatic carboxylic acids is 1. The Morgan fingerprint density at radius 1 is 1.17 bits per heavy atom. The average Bonchev–Trinajstić information content (AvgIpc) is 2.53. The van der Waals surface area contributed by atoms with Crippen molar-refractivity contribution in [3.05, 3.63) is 63.1 Å². The second-order valence-electron chi connectivity index (χ2n) is 5.95. The second-order valence-corrected chi connectivity index (χ2v) is 5.95. The molecule has 0 unspecified atom stereocenters. The first-order valence-electron chi connectivity index (χ1n) is 7.90. The maximum Gasteiger partial charge on any atom is 0.307 e. The first kappa shape index (κ1) is 16.0. The Balaban J connectivity index is 1.83. The average molecular weight is 326 g/mol. The SMILES string of the molecule is O=C(O)Cc1cccc(NC(=O)c2cc3c([nH]c2=O)CCCC3)c1. The number of rotatable bonds is 4. The summed E-state index contributed by atoms with van der Waals surface area (Å²) >= 11 is 0. The molecule has 6 nitrogen and oxygen atoms in total. The van der Waals surface area contributed by atoms with Gasteiger partial charge in [0, 0.05) is 11.4 Å². The highest BCUT2D eigenvalue weighted by Crippen LogP contribution is 2.19. The van der Waals surface area contributed by atoms with Crippen molar-refractivity contribution in [2.45, 2.75) is 32.1 Å². The predicted octanol–water partition coefficient (Wildman–Crippen LogP) is 2.13. The molecule has 3 N–H and O–H groups in total. The maximum atomic E-state index is 12.4. The summed E-state index contributed by atoms with van der Waals surface area (Å²) in [7, 11) is 0. The molecule has 0 saturated heterocycles. The lowest BCUT2D eigenvalue weighted by Crippen LogP contribution is -2.26. The number of amides is 1. The van der Waals surface area contributed by atoms with E-state index < -0.39 is 17.4 Å². The number of aromatic amines is 1. The highest BCUT2D eigenvalue weighted by atomic mass is 16.4. The van der Waals surface area contributed by atoms with Crippen LogP contribution in [0.15, 0.2) is 35.1 Å². The van der Waals surface area contributed by atoms with Crippen molar-refractivity contribution in [3.8, 4) is 0 Å². The number of benzene rings is 1. The van der Waals surface area contributed by atoms with Crippen LogP contribution in [0.1, 0.15) is 40.0 Å². The van der Waals surface area contributed by atoms with E-state index in [1.165, 1.54) is 0 Å². The molecule has 0 saturated carbocycles. The van der Waals surface area contributed by atoms with Crippen LogP contribution >= 0.6 is 0 Å². The van der Waals surface area contributed by atoms with Gasteiger partial charge in [-0.25, -0.2) is 0 Å². The second kappa shape index (κ2) is 6.70. The van der Waals surface area contributed by atoms with Crippen LogP contribution in [0.5, 0.6) is 0 Å². The largest absolute Gasteiger partial charge is 0.481 e. The molecule has 0 bridgehead atoms. The van der Waals surface area contributed by atoms with E-state index in [1.54, 1.807) is 30.3 Å². The van der Waals surface area contributed by atoms with E-state index in [1.807, 2.05) is 0 Å². The van der Waals surface area contributed by atoms with E-state index >= 15 is 0 Å². The van der Waals surface area contributed by atoms with Gasteiger partial charge in [0.25, 0.3) is 11.5 Å². The third kappa shape index (κ3) is 3.53. The standard InChI is InChI=1S/C18H18N2O4/c21-16(22)9-11-4-3-6-13(8-11)19-17(23)14-10-12-5-1-2-7-15(12)20-18(14)24/h3-4,6,8,10H,1-2,5,7,9H2,(H,19,23)(H,20,24)(H,21,22). The molecular formula is C18H18N2O4. The Morgan fingerprint density at radius 2 is 1.96 bits per heavy atom. The monoisotopic (exact) mass is 326 g/mol. The zero-order valence-corrected chi connectivity index (χ0v) is 13.1. The normalized spacial score (nSPS) is 13.2. The van der Waals surface area contributed by atoms with Gasteiger partial charge in [-0.05, 0) is 55.0 Å². The number of anilines is 1. The van der Waals surface area contributed by atoms with Crippen molar-refractivity contribution in [1.82, 2.24) is 4.98 Å². The molecule has 0 spiro atoms. The first-order chi connectivity index (χ1) is 11.5. The number of H-pyrrole nitrogens is 1. The van der Waals surface area contributed by atoms with E-state index in [0.29, 0.717) is 11.3 Å². The number of fused-ring (bicyclic) bond motifs is 1. The van der Waals surface area contributed by atoms with E-state index in [-0.39, 0.29) is 12.0 Å². The highest BCUT2D eigenvalue weighted by molar-refractivity contribution is 6.04. The van der Waals surface area contributed by atoms with Crippen molar-refractivity contribution in [3.63, 3.8) is 0 Å². The third-order valence-electron chi connectivity index (χ3n) is 4.12.